The van der Waals surface area contributed by atoms with E-state index in [4.69, 9.17) is 4.74 Å². The van der Waals surface area contributed by atoms with Crippen LogP contribution in [0.15, 0.2) is 35.9 Å². The Labute approximate surface area is 114 Å². The van der Waals surface area contributed by atoms with Crippen LogP contribution >= 0.6 is 0 Å². The number of benzene rings is 1. The molecule has 1 heterocycles. The molecule has 0 N–H and O–H groups in total. The van der Waals surface area contributed by atoms with E-state index in [9.17, 15) is 4.79 Å². The third-order valence-electron chi connectivity index (χ3n) is 4.13. The van der Waals surface area contributed by atoms with Crippen molar-refractivity contribution in [3.63, 3.8) is 0 Å². The Hall–Kier alpha value is -1.57. The minimum absolute atomic E-state index is 0.313. The molecule has 0 spiro atoms. The summed E-state index contributed by atoms with van der Waals surface area (Å²) in [4.78, 5) is 11.7. The lowest BCUT2D eigenvalue weighted by Gasteiger charge is -2.26. The van der Waals surface area contributed by atoms with Crippen LogP contribution in [0.5, 0.6) is 5.75 Å². The molecule has 0 aromatic heterocycles. The van der Waals surface area contributed by atoms with Gasteiger partial charge in [-0.25, -0.2) is 0 Å². The first kappa shape index (κ1) is 12.5. The predicted molar refractivity (Wildman–Crippen MR) is 75.5 cm³/mol. The zero-order valence-electron chi connectivity index (χ0n) is 11.2. The summed E-state index contributed by atoms with van der Waals surface area (Å²) in [5.74, 6) is 1.86. The Morgan fingerprint density at radius 3 is 2.95 bits per heavy atom. The standard InChI is InChI=1S/C17H20O2/c18-15-6-2-1-5-13(12-15)11-14-9-10-19-17-8-4-3-7-16(14)17/h3-4,7-8,12,14H,1-2,5-6,9-11H2. The number of rotatable bonds is 2. The zero-order chi connectivity index (χ0) is 13.1. The number of para-hydroxylation sites is 1. The van der Waals surface area contributed by atoms with Crippen molar-refractivity contribution in [1.29, 1.82) is 0 Å². The van der Waals surface area contributed by atoms with Gasteiger partial charge in [0.2, 0.25) is 0 Å². The first-order chi connectivity index (χ1) is 9.33. The van der Waals surface area contributed by atoms with E-state index in [1.165, 1.54) is 11.1 Å². The first-order valence-corrected chi connectivity index (χ1v) is 7.27. The number of fused-ring (bicyclic) bond motifs is 1. The topological polar surface area (TPSA) is 26.3 Å². The van der Waals surface area contributed by atoms with Gasteiger partial charge in [0, 0.05) is 6.42 Å². The molecule has 0 saturated carbocycles. The molecule has 2 nitrogen and oxygen atoms in total. The highest BCUT2D eigenvalue weighted by molar-refractivity contribution is 5.90. The first-order valence-electron chi connectivity index (χ1n) is 7.27. The Morgan fingerprint density at radius 1 is 1.16 bits per heavy atom. The molecule has 0 radical (unpaired) electrons. The van der Waals surface area contributed by atoms with Gasteiger partial charge in [0.1, 0.15) is 5.75 Å². The summed E-state index contributed by atoms with van der Waals surface area (Å²) in [6, 6.07) is 8.31. The van der Waals surface area contributed by atoms with Crippen molar-refractivity contribution < 1.29 is 9.53 Å². The maximum Gasteiger partial charge on any atom is 0.155 e. The van der Waals surface area contributed by atoms with Gasteiger partial charge >= 0.3 is 0 Å². The zero-order valence-corrected chi connectivity index (χ0v) is 11.2. The van der Waals surface area contributed by atoms with Gasteiger partial charge < -0.3 is 4.74 Å². The molecule has 1 unspecified atom stereocenters. The summed E-state index contributed by atoms with van der Waals surface area (Å²) < 4.78 is 5.70. The number of ether oxygens (including phenoxy) is 1. The normalized spacial score (nSPS) is 23.1. The van der Waals surface area contributed by atoms with Crippen molar-refractivity contribution in [2.75, 3.05) is 6.61 Å². The van der Waals surface area contributed by atoms with Crippen LogP contribution in [-0.4, -0.2) is 12.4 Å². The van der Waals surface area contributed by atoms with Crippen LogP contribution in [0.4, 0.5) is 0 Å². The van der Waals surface area contributed by atoms with Gasteiger partial charge in [-0.3, -0.25) is 4.79 Å². The van der Waals surface area contributed by atoms with Crippen molar-refractivity contribution >= 4 is 5.78 Å². The van der Waals surface area contributed by atoms with E-state index < -0.39 is 0 Å². The van der Waals surface area contributed by atoms with E-state index >= 15 is 0 Å². The van der Waals surface area contributed by atoms with Gasteiger partial charge in [-0.2, -0.15) is 0 Å². The Morgan fingerprint density at radius 2 is 2.00 bits per heavy atom. The van der Waals surface area contributed by atoms with Crippen molar-refractivity contribution in [2.24, 2.45) is 0 Å². The van der Waals surface area contributed by atoms with Crippen LogP contribution in [0.1, 0.15) is 50.0 Å². The van der Waals surface area contributed by atoms with E-state index in [1.54, 1.807) is 0 Å². The van der Waals surface area contributed by atoms with Gasteiger partial charge in [-0.1, -0.05) is 23.8 Å². The van der Waals surface area contributed by atoms with Crippen LogP contribution in [0.2, 0.25) is 0 Å². The second kappa shape index (κ2) is 5.60. The van der Waals surface area contributed by atoms with Gasteiger partial charge in [0.15, 0.2) is 5.78 Å². The minimum Gasteiger partial charge on any atom is -0.493 e. The third kappa shape index (κ3) is 2.89. The molecule has 0 saturated heterocycles. The molecule has 1 aromatic rings. The van der Waals surface area contributed by atoms with Gasteiger partial charge in [0.25, 0.3) is 0 Å². The molecular formula is C17H20O2. The largest absolute Gasteiger partial charge is 0.493 e. The SMILES string of the molecule is O=C1C=C(CC2CCOc3ccccc32)CCCC1. The lowest BCUT2D eigenvalue weighted by atomic mass is 9.86. The molecule has 100 valence electrons. The van der Waals surface area contributed by atoms with Crippen LogP contribution in [0.3, 0.4) is 0 Å². The van der Waals surface area contributed by atoms with Crippen molar-refractivity contribution in [2.45, 2.75) is 44.4 Å². The van der Waals surface area contributed by atoms with Gasteiger partial charge in [-0.15, -0.1) is 0 Å². The number of allylic oxidation sites excluding steroid dienone is 2. The second-order valence-electron chi connectivity index (χ2n) is 5.55. The van der Waals surface area contributed by atoms with Crippen LogP contribution in [0.25, 0.3) is 0 Å². The highest BCUT2D eigenvalue weighted by atomic mass is 16.5. The summed E-state index contributed by atoms with van der Waals surface area (Å²) in [5, 5.41) is 0. The van der Waals surface area contributed by atoms with E-state index in [0.29, 0.717) is 11.7 Å². The summed E-state index contributed by atoms with van der Waals surface area (Å²) >= 11 is 0. The Kier molecular flexibility index (Phi) is 3.67. The lowest BCUT2D eigenvalue weighted by Crippen LogP contribution is -2.14. The highest BCUT2D eigenvalue weighted by Gasteiger charge is 2.22. The molecule has 1 aromatic carbocycles. The average Bonchev–Trinajstić information content (AvgIpc) is 2.63. The molecular weight excluding hydrogens is 236 g/mol. The Balaban J connectivity index is 1.79. The second-order valence-corrected chi connectivity index (χ2v) is 5.55. The fourth-order valence-corrected chi connectivity index (χ4v) is 3.13. The summed E-state index contributed by atoms with van der Waals surface area (Å²) in [6.45, 7) is 0.795. The predicted octanol–water partition coefficient (Wildman–Crippen LogP) is 4.01. The number of hydrogen-bond donors (Lipinski definition) is 0. The van der Waals surface area contributed by atoms with Crippen molar-refractivity contribution in [1.82, 2.24) is 0 Å². The molecule has 2 heteroatoms. The lowest BCUT2D eigenvalue weighted by molar-refractivity contribution is -0.114. The van der Waals surface area contributed by atoms with Crippen LogP contribution in [-0.2, 0) is 4.79 Å². The molecule has 19 heavy (non-hydrogen) atoms. The fraction of sp³-hybridized carbons (Fsp3) is 0.471. The van der Waals surface area contributed by atoms with E-state index in [-0.39, 0.29) is 0 Å². The minimum atomic E-state index is 0.313. The number of ketones is 1. The molecule has 0 bridgehead atoms. The molecule has 0 amide bonds. The average molecular weight is 256 g/mol. The number of carbonyl (C=O) groups excluding carboxylic acids is 1. The molecule has 0 fully saturated rings. The van der Waals surface area contributed by atoms with Crippen molar-refractivity contribution in [3.8, 4) is 5.75 Å². The molecule has 1 atom stereocenters. The maximum absolute atomic E-state index is 11.7. The molecule has 1 aliphatic carbocycles. The van der Waals surface area contributed by atoms with E-state index in [1.807, 2.05) is 18.2 Å². The Bertz CT molecular complexity index is 502. The smallest absolute Gasteiger partial charge is 0.155 e. The van der Waals surface area contributed by atoms with E-state index in [2.05, 4.69) is 12.1 Å². The molecule has 2 aliphatic rings. The van der Waals surface area contributed by atoms with Gasteiger partial charge in [0.05, 0.1) is 6.61 Å². The fourth-order valence-electron chi connectivity index (χ4n) is 3.13. The highest BCUT2D eigenvalue weighted by Crippen LogP contribution is 2.38. The number of carbonyl (C=O) groups is 1. The summed E-state index contributed by atoms with van der Waals surface area (Å²) in [5.41, 5.74) is 2.65. The van der Waals surface area contributed by atoms with Crippen LogP contribution in [0, 0.1) is 0 Å². The van der Waals surface area contributed by atoms with Crippen LogP contribution < -0.4 is 4.74 Å². The molecule has 1 aliphatic heterocycles. The third-order valence-corrected chi connectivity index (χ3v) is 4.13. The van der Waals surface area contributed by atoms with E-state index in [0.717, 1.165) is 50.9 Å². The summed E-state index contributed by atoms with van der Waals surface area (Å²) in [7, 11) is 0. The number of hydrogen-bond acceptors (Lipinski definition) is 2. The maximum atomic E-state index is 11.7. The quantitative estimate of drug-likeness (QED) is 0.799. The van der Waals surface area contributed by atoms with Gasteiger partial charge in [-0.05, 0) is 55.7 Å². The summed E-state index contributed by atoms with van der Waals surface area (Å²) in [6.07, 6.45) is 8.00. The molecule has 3 rings (SSSR count). The van der Waals surface area contributed by atoms with Crippen molar-refractivity contribution in [3.05, 3.63) is 41.5 Å². The monoisotopic (exact) mass is 256 g/mol.